The van der Waals surface area contributed by atoms with E-state index in [1.165, 1.54) is 4.68 Å². The number of rotatable bonds is 4. The fraction of sp³-hybridized carbons (Fsp3) is 0.273. The summed E-state index contributed by atoms with van der Waals surface area (Å²) < 4.78 is 41.7. The molecule has 8 nitrogen and oxygen atoms in total. The monoisotopic (exact) mass is 350 g/mol. The summed E-state index contributed by atoms with van der Waals surface area (Å²) in [7, 11) is 0. The third-order valence-corrected chi connectivity index (χ3v) is 3.07. The molecule has 0 aliphatic heterocycles. The lowest BCUT2D eigenvalue weighted by Gasteiger charge is -2.14. The van der Waals surface area contributed by atoms with Crippen molar-refractivity contribution in [1.29, 1.82) is 0 Å². The number of amides is 1. The zero-order valence-corrected chi connectivity index (χ0v) is 12.3. The number of aromatic nitrogens is 4. The van der Waals surface area contributed by atoms with Crippen molar-refractivity contribution in [3.63, 3.8) is 0 Å². The molecule has 1 aromatic heterocycles. The third kappa shape index (κ3) is 3.80. The van der Waals surface area contributed by atoms with Gasteiger partial charge in [-0.1, -0.05) is 16.7 Å². The minimum Gasteiger partial charge on any atom is -0.404 e. The highest BCUT2D eigenvalue weighted by Crippen LogP contribution is 2.35. The number of carbonyl (C=O) groups excluding carboxylic acids is 1. The number of hydrogen-bond acceptors (Lipinski definition) is 6. The average Bonchev–Trinajstić information content (AvgIpc) is 2.89. The molecule has 0 saturated carbocycles. The van der Waals surface area contributed by atoms with E-state index in [0.29, 0.717) is 6.54 Å². The van der Waals surface area contributed by atoms with Crippen LogP contribution >= 0.6 is 11.6 Å². The highest BCUT2D eigenvalue weighted by atomic mass is 35.5. The topological polar surface area (TPSA) is 108 Å². The van der Waals surface area contributed by atoms with Crippen molar-refractivity contribution < 1.29 is 22.7 Å². The molecule has 2 rings (SSSR count). The first kappa shape index (κ1) is 16.8. The van der Waals surface area contributed by atoms with Gasteiger partial charge in [0, 0.05) is 6.54 Å². The Bertz CT molecular complexity index is 733. The summed E-state index contributed by atoms with van der Waals surface area (Å²) in [6, 6.07) is 1.95. The van der Waals surface area contributed by atoms with Crippen LogP contribution in [-0.2, 0) is 6.54 Å². The smallest absolute Gasteiger partial charge is 0.404 e. The van der Waals surface area contributed by atoms with Crippen LogP contribution in [0.4, 0.5) is 24.8 Å². The summed E-state index contributed by atoms with van der Waals surface area (Å²) in [6.07, 6.45) is -4.93. The molecule has 0 unspecified atom stereocenters. The molecule has 23 heavy (non-hydrogen) atoms. The van der Waals surface area contributed by atoms with Gasteiger partial charge in [0.1, 0.15) is 0 Å². The largest absolute Gasteiger partial charge is 0.573 e. The molecule has 1 aromatic carbocycles. The van der Waals surface area contributed by atoms with E-state index >= 15 is 0 Å². The molecule has 0 atom stereocenters. The predicted octanol–water partition coefficient (Wildman–Crippen LogP) is 2.08. The van der Waals surface area contributed by atoms with Gasteiger partial charge in [-0.05, 0) is 29.5 Å². The van der Waals surface area contributed by atoms with Gasteiger partial charge in [0.25, 0.3) is 5.91 Å². The van der Waals surface area contributed by atoms with Crippen LogP contribution in [0.1, 0.15) is 17.3 Å². The number of nitrogens with zero attached hydrogens (tertiary/aromatic N) is 4. The molecular formula is C11H10ClF3N6O2. The third-order valence-electron chi connectivity index (χ3n) is 2.67. The van der Waals surface area contributed by atoms with Gasteiger partial charge in [0.05, 0.1) is 16.3 Å². The summed E-state index contributed by atoms with van der Waals surface area (Å²) in [5.74, 6) is -1.37. The maximum Gasteiger partial charge on any atom is 0.573 e. The number of alkyl halides is 3. The van der Waals surface area contributed by atoms with E-state index in [-0.39, 0.29) is 16.5 Å². The van der Waals surface area contributed by atoms with Crippen LogP contribution in [0.3, 0.4) is 0 Å². The van der Waals surface area contributed by atoms with Gasteiger partial charge in [-0.25, -0.2) is 4.68 Å². The molecule has 3 N–H and O–H groups in total. The Hall–Kier alpha value is -2.56. The number of nitrogens with two attached hydrogens (primary N) is 1. The number of anilines is 2. The highest BCUT2D eigenvalue weighted by Gasteiger charge is 2.32. The first-order valence-electron chi connectivity index (χ1n) is 6.14. The van der Waals surface area contributed by atoms with Crippen LogP contribution < -0.4 is 15.8 Å². The van der Waals surface area contributed by atoms with E-state index in [0.717, 1.165) is 12.1 Å². The van der Waals surface area contributed by atoms with Crippen molar-refractivity contribution in [2.45, 2.75) is 19.8 Å². The fourth-order valence-electron chi connectivity index (χ4n) is 1.64. The van der Waals surface area contributed by atoms with Crippen molar-refractivity contribution >= 4 is 29.1 Å². The number of aryl methyl sites for hydroxylation is 1. The van der Waals surface area contributed by atoms with Crippen LogP contribution in [0.2, 0.25) is 5.02 Å². The molecule has 0 fully saturated rings. The molecule has 2 aromatic rings. The summed E-state index contributed by atoms with van der Waals surface area (Å²) in [5.41, 5.74) is 4.82. The Morgan fingerprint density at radius 2 is 2.17 bits per heavy atom. The molecule has 0 spiro atoms. The SMILES string of the molecule is CCn1nnnc1NC(=O)c1ccc(OC(F)(F)F)c(N)c1Cl. The molecule has 0 aliphatic carbocycles. The van der Waals surface area contributed by atoms with Crippen LogP contribution in [0.5, 0.6) is 5.75 Å². The molecule has 1 heterocycles. The van der Waals surface area contributed by atoms with E-state index < -0.39 is 23.7 Å². The molecule has 0 saturated heterocycles. The number of halogens is 4. The van der Waals surface area contributed by atoms with Gasteiger partial charge in [0.2, 0.25) is 5.95 Å². The molecule has 0 bridgehead atoms. The quantitative estimate of drug-likeness (QED) is 0.817. The van der Waals surface area contributed by atoms with Gasteiger partial charge >= 0.3 is 6.36 Å². The number of tetrazole rings is 1. The number of benzene rings is 1. The Kier molecular flexibility index (Phi) is 4.59. The lowest BCUT2D eigenvalue weighted by atomic mass is 10.1. The van der Waals surface area contributed by atoms with Crippen LogP contribution in [0.25, 0.3) is 0 Å². The lowest BCUT2D eigenvalue weighted by Crippen LogP contribution is -2.20. The Morgan fingerprint density at radius 1 is 1.48 bits per heavy atom. The second-order valence-electron chi connectivity index (χ2n) is 4.16. The first-order chi connectivity index (χ1) is 10.7. The first-order valence-corrected chi connectivity index (χ1v) is 6.52. The van der Waals surface area contributed by atoms with E-state index in [4.69, 9.17) is 17.3 Å². The van der Waals surface area contributed by atoms with Crippen LogP contribution in [0.15, 0.2) is 12.1 Å². The normalized spacial score (nSPS) is 11.3. The Labute approximate surface area is 132 Å². The molecule has 124 valence electrons. The maximum absolute atomic E-state index is 12.2. The second-order valence-corrected chi connectivity index (χ2v) is 4.54. The predicted molar refractivity (Wildman–Crippen MR) is 74.0 cm³/mol. The van der Waals surface area contributed by atoms with E-state index in [9.17, 15) is 18.0 Å². The highest BCUT2D eigenvalue weighted by molar-refractivity contribution is 6.37. The number of nitrogens with one attached hydrogen (secondary N) is 1. The molecule has 12 heteroatoms. The van der Waals surface area contributed by atoms with Crippen LogP contribution in [0, 0.1) is 0 Å². The summed E-state index contributed by atoms with van der Waals surface area (Å²) in [6.45, 7) is 2.15. The fourth-order valence-corrected chi connectivity index (χ4v) is 1.88. The van der Waals surface area contributed by atoms with Crippen molar-refractivity contribution in [3.8, 4) is 5.75 Å². The Morgan fingerprint density at radius 3 is 2.78 bits per heavy atom. The summed E-state index contributed by atoms with van der Waals surface area (Å²) >= 11 is 5.84. The zero-order valence-electron chi connectivity index (χ0n) is 11.6. The summed E-state index contributed by atoms with van der Waals surface area (Å²) in [4.78, 5) is 12.1. The van der Waals surface area contributed by atoms with Gasteiger partial charge in [-0.15, -0.1) is 13.2 Å². The van der Waals surface area contributed by atoms with E-state index in [2.05, 4.69) is 25.6 Å². The zero-order chi connectivity index (χ0) is 17.2. The number of carbonyl (C=O) groups is 1. The van der Waals surface area contributed by atoms with E-state index in [1.54, 1.807) is 6.92 Å². The molecule has 0 radical (unpaired) electrons. The summed E-state index contributed by atoms with van der Waals surface area (Å²) in [5, 5.41) is 12.6. The molecular weight excluding hydrogens is 341 g/mol. The van der Waals surface area contributed by atoms with Crippen molar-refractivity contribution in [3.05, 3.63) is 22.7 Å². The number of ether oxygens (including phenoxy) is 1. The minimum atomic E-state index is -4.93. The number of nitrogen functional groups attached to an aromatic ring is 1. The maximum atomic E-state index is 12.2. The van der Waals surface area contributed by atoms with Crippen molar-refractivity contribution in [2.24, 2.45) is 0 Å². The van der Waals surface area contributed by atoms with Gasteiger partial charge in [-0.3, -0.25) is 10.1 Å². The van der Waals surface area contributed by atoms with E-state index in [1.807, 2.05) is 0 Å². The lowest BCUT2D eigenvalue weighted by molar-refractivity contribution is -0.274. The average molecular weight is 351 g/mol. The Balaban J connectivity index is 2.26. The van der Waals surface area contributed by atoms with Gasteiger partial charge < -0.3 is 10.5 Å². The van der Waals surface area contributed by atoms with Gasteiger partial charge in [-0.2, -0.15) is 0 Å². The molecule has 0 aliphatic rings. The standard InChI is InChI=1S/C11H10ClF3N6O2/c1-2-21-10(18-19-20-21)17-9(22)5-3-4-6(8(16)7(5)12)23-11(13,14)15/h3-4H,2,16H2,1H3,(H,17,18,20,22). The van der Waals surface area contributed by atoms with Crippen LogP contribution in [-0.4, -0.2) is 32.5 Å². The van der Waals surface area contributed by atoms with Gasteiger partial charge in [0.15, 0.2) is 5.75 Å². The minimum absolute atomic E-state index is 0.0581. The van der Waals surface area contributed by atoms with Crippen molar-refractivity contribution in [2.75, 3.05) is 11.1 Å². The van der Waals surface area contributed by atoms with Crippen molar-refractivity contribution in [1.82, 2.24) is 20.2 Å². The second kappa shape index (κ2) is 6.28. The molecule has 1 amide bonds. The number of hydrogen-bond donors (Lipinski definition) is 2.